The Hall–Kier alpha value is -2.53. The summed E-state index contributed by atoms with van der Waals surface area (Å²) >= 11 is 3.33. The van der Waals surface area contributed by atoms with E-state index in [1.54, 1.807) is 42.5 Å². The average Bonchev–Trinajstić information content (AvgIpc) is 2.62. The summed E-state index contributed by atoms with van der Waals surface area (Å²) in [5.74, 6) is -0.405. The Morgan fingerprint density at radius 2 is 1.73 bits per heavy atom. The molecule has 0 fully saturated rings. The van der Waals surface area contributed by atoms with Crippen LogP contribution in [0.4, 0.5) is 4.39 Å². The molecule has 5 heteroatoms. The highest BCUT2D eigenvalue weighted by Crippen LogP contribution is 2.23. The number of ketones is 1. The van der Waals surface area contributed by atoms with Crippen molar-refractivity contribution in [1.82, 2.24) is 0 Å². The molecule has 1 heterocycles. The van der Waals surface area contributed by atoms with Gasteiger partial charge in [0.05, 0.1) is 0 Å². The van der Waals surface area contributed by atoms with Crippen molar-refractivity contribution < 1.29 is 13.6 Å². The number of carbonyl (C=O) groups excluding carboxylic acids is 1. The van der Waals surface area contributed by atoms with Crippen LogP contribution in [0.5, 0.6) is 0 Å². The number of halogens is 2. The maximum Gasteiger partial charge on any atom is 0.347 e. The van der Waals surface area contributed by atoms with Crippen LogP contribution in [0.3, 0.4) is 0 Å². The molecule has 2 aromatic carbocycles. The van der Waals surface area contributed by atoms with Crippen LogP contribution in [0.25, 0.3) is 11.3 Å². The number of aryl methyl sites for hydroxylation is 1. The topological polar surface area (TPSA) is 47.3 Å². The Bertz CT molecular complexity index is 989. The summed E-state index contributed by atoms with van der Waals surface area (Å²) in [7, 11) is 0. The normalized spacial score (nSPS) is 10.7. The van der Waals surface area contributed by atoms with Crippen LogP contribution < -0.4 is 5.63 Å². The lowest BCUT2D eigenvalue weighted by Crippen LogP contribution is -2.18. The van der Waals surface area contributed by atoms with E-state index in [0.29, 0.717) is 28.9 Å². The Morgan fingerprint density at radius 3 is 2.35 bits per heavy atom. The number of carbonyl (C=O) groups is 1. The molecule has 3 rings (SSSR count). The van der Waals surface area contributed by atoms with Crippen molar-refractivity contribution in [3.8, 4) is 11.3 Å². The van der Waals surface area contributed by atoms with Crippen LogP contribution in [-0.4, -0.2) is 5.78 Å². The summed E-state index contributed by atoms with van der Waals surface area (Å²) in [5.41, 5.74) is 1.02. The zero-order valence-corrected chi connectivity index (χ0v) is 15.7. The van der Waals surface area contributed by atoms with Gasteiger partial charge in [-0.15, -0.1) is 0 Å². The van der Waals surface area contributed by atoms with Gasteiger partial charge >= 0.3 is 5.63 Å². The molecule has 0 unspecified atom stereocenters. The molecule has 3 aromatic rings. The van der Waals surface area contributed by atoms with Gasteiger partial charge in [-0.25, -0.2) is 9.18 Å². The Labute approximate surface area is 158 Å². The third-order valence-electron chi connectivity index (χ3n) is 4.01. The lowest BCUT2D eigenvalue weighted by Gasteiger charge is -2.09. The second kappa shape index (κ2) is 7.79. The van der Waals surface area contributed by atoms with Crippen molar-refractivity contribution in [2.45, 2.75) is 19.8 Å². The van der Waals surface area contributed by atoms with E-state index in [1.165, 1.54) is 12.1 Å². The van der Waals surface area contributed by atoms with Gasteiger partial charge in [0.2, 0.25) is 5.78 Å². The molecule has 0 saturated carbocycles. The van der Waals surface area contributed by atoms with Gasteiger partial charge < -0.3 is 4.42 Å². The third kappa shape index (κ3) is 3.83. The molecule has 0 N–H and O–H groups in total. The molecule has 0 radical (unpaired) electrons. The van der Waals surface area contributed by atoms with Crippen molar-refractivity contribution >= 4 is 21.7 Å². The van der Waals surface area contributed by atoms with Gasteiger partial charge in [0.25, 0.3) is 0 Å². The van der Waals surface area contributed by atoms with E-state index in [4.69, 9.17) is 4.42 Å². The Kier molecular flexibility index (Phi) is 5.47. The zero-order chi connectivity index (χ0) is 18.7. The number of benzene rings is 2. The van der Waals surface area contributed by atoms with E-state index < -0.39 is 5.63 Å². The molecule has 0 bridgehead atoms. The van der Waals surface area contributed by atoms with Crippen LogP contribution in [0.15, 0.2) is 68.3 Å². The van der Waals surface area contributed by atoms with Crippen LogP contribution in [-0.2, 0) is 6.42 Å². The van der Waals surface area contributed by atoms with Gasteiger partial charge in [-0.05, 0) is 66.6 Å². The van der Waals surface area contributed by atoms with E-state index in [-0.39, 0.29) is 17.2 Å². The fourth-order valence-electron chi connectivity index (χ4n) is 2.75. The van der Waals surface area contributed by atoms with Gasteiger partial charge in [-0.3, -0.25) is 4.79 Å². The highest BCUT2D eigenvalue weighted by atomic mass is 79.9. The monoisotopic (exact) mass is 414 g/mol. The number of hydrogen-bond donors (Lipinski definition) is 0. The largest absolute Gasteiger partial charge is 0.422 e. The van der Waals surface area contributed by atoms with Crippen molar-refractivity contribution in [1.29, 1.82) is 0 Å². The molecular formula is C21H16BrFO3. The summed E-state index contributed by atoms with van der Waals surface area (Å²) in [6.45, 7) is 1.97. The van der Waals surface area contributed by atoms with Crippen molar-refractivity contribution in [2.24, 2.45) is 0 Å². The second-order valence-electron chi connectivity index (χ2n) is 5.89. The molecule has 0 atom stereocenters. The Morgan fingerprint density at radius 1 is 1.08 bits per heavy atom. The molecule has 0 aliphatic heterocycles. The maximum atomic E-state index is 13.1. The lowest BCUT2D eigenvalue weighted by molar-refractivity contribution is 0.103. The molecule has 1 aromatic heterocycles. The first-order valence-electron chi connectivity index (χ1n) is 8.23. The van der Waals surface area contributed by atoms with Crippen LogP contribution >= 0.6 is 15.9 Å². The van der Waals surface area contributed by atoms with Crippen LogP contribution in [0.2, 0.25) is 0 Å². The molecular weight excluding hydrogens is 399 g/mol. The quantitative estimate of drug-likeness (QED) is 0.525. The smallest absolute Gasteiger partial charge is 0.347 e. The number of hydrogen-bond acceptors (Lipinski definition) is 3. The summed E-state index contributed by atoms with van der Waals surface area (Å²) in [4.78, 5) is 25.4. The fraction of sp³-hybridized carbons (Fsp3) is 0.143. The van der Waals surface area contributed by atoms with Gasteiger partial charge in [-0.2, -0.15) is 0 Å². The van der Waals surface area contributed by atoms with E-state index in [0.717, 1.165) is 10.9 Å². The molecule has 0 saturated heterocycles. The fourth-order valence-corrected chi connectivity index (χ4v) is 3.01. The van der Waals surface area contributed by atoms with E-state index >= 15 is 0 Å². The van der Waals surface area contributed by atoms with Gasteiger partial charge in [-0.1, -0.05) is 29.3 Å². The highest BCUT2D eigenvalue weighted by Gasteiger charge is 2.20. The molecule has 0 amide bonds. The maximum absolute atomic E-state index is 13.1. The molecule has 3 nitrogen and oxygen atoms in total. The SMILES string of the molecule is CCCc1cc(-c2ccc(F)cc2)oc(=O)c1C(=O)c1ccc(Br)cc1. The average molecular weight is 415 g/mol. The zero-order valence-electron chi connectivity index (χ0n) is 14.1. The number of rotatable bonds is 5. The molecule has 26 heavy (non-hydrogen) atoms. The molecule has 0 aliphatic rings. The minimum atomic E-state index is -0.678. The molecule has 0 aliphatic carbocycles. The summed E-state index contributed by atoms with van der Waals surface area (Å²) < 4.78 is 19.4. The first-order chi connectivity index (χ1) is 12.5. The van der Waals surface area contributed by atoms with Crippen LogP contribution in [0.1, 0.15) is 34.8 Å². The second-order valence-corrected chi connectivity index (χ2v) is 6.81. The van der Waals surface area contributed by atoms with Crippen LogP contribution in [0, 0.1) is 5.82 Å². The molecule has 132 valence electrons. The van der Waals surface area contributed by atoms with Gasteiger partial charge in [0.1, 0.15) is 17.1 Å². The lowest BCUT2D eigenvalue weighted by atomic mass is 9.96. The van der Waals surface area contributed by atoms with Crippen molar-refractivity contribution in [3.63, 3.8) is 0 Å². The summed E-state index contributed by atoms with van der Waals surface area (Å²) in [6, 6.07) is 14.2. The minimum Gasteiger partial charge on any atom is -0.422 e. The van der Waals surface area contributed by atoms with E-state index in [9.17, 15) is 14.0 Å². The first kappa shape index (κ1) is 18.3. The van der Waals surface area contributed by atoms with Crippen molar-refractivity contribution in [2.75, 3.05) is 0 Å². The summed E-state index contributed by atoms with van der Waals surface area (Å²) in [5, 5.41) is 0. The first-order valence-corrected chi connectivity index (χ1v) is 9.02. The van der Waals surface area contributed by atoms with Crippen molar-refractivity contribution in [3.05, 3.63) is 92.0 Å². The van der Waals surface area contributed by atoms with Gasteiger partial charge in [0.15, 0.2) is 0 Å². The van der Waals surface area contributed by atoms with E-state index in [2.05, 4.69) is 15.9 Å². The Balaban J connectivity index is 2.10. The third-order valence-corrected chi connectivity index (χ3v) is 4.54. The predicted molar refractivity (Wildman–Crippen MR) is 102 cm³/mol. The minimum absolute atomic E-state index is 0.0556. The van der Waals surface area contributed by atoms with E-state index in [1.807, 2.05) is 6.92 Å². The highest BCUT2D eigenvalue weighted by molar-refractivity contribution is 9.10. The van der Waals surface area contributed by atoms with Gasteiger partial charge in [0, 0.05) is 15.6 Å². The predicted octanol–water partition coefficient (Wildman–Crippen LogP) is 5.39. The standard InChI is InChI=1S/C21H16BrFO3/c1-2-3-15-12-18(13-6-10-17(23)11-7-13)26-21(25)19(15)20(24)14-4-8-16(22)9-5-14/h4-12H,2-3H2,1H3. The molecule has 0 spiro atoms. The summed E-state index contributed by atoms with van der Waals surface area (Å²) in [6.07, 6.45) is 1.34.